The molecule has 0 unspecified atom stereocenters. The summed E-state index contributed by atoms with van der Waals surface area (Å²) in [6, 6.07) is 10.7. The van der Waals surface area contributed by atoms with E-state index in [2.05, 4.69) is 29.7 Å². The minimum absolute atomic E-state index is 0.123. The highest BCUT2D eigenvalue weighted by Gasteiger charge is 2.10. The fourth-order valence-electron chi connectivity index (χ4n) is 2.85. The van der Waals surface area contributed by atoms with Crippen molar-refractivity contribution < 1.29 is 19.1 Å². The van der Waals surface area contributed by atoms with Gasteiger partial charge in [-0.1, -0.05) is 13.8 Å². The zero-order valence-electron chi connectivity index (χ0n) is 18.1. The van der Waals surface area contributed by atoms with E-state index >= 15 is 0 Å². The molecule has 7 heteroatoms. The number of aryl methyl sites for hydroxylation is 1. The Bertz CT molecular complexity index is 905. The van der Waals surface area contributed by atoms with Crippen molar-refractivity contribution >= 4 is 18.0 Å². The zero-order chi connectivity index (χ0) is 22.1. The van der Waals surface area contributed by atoms with Gasteiger partial charge in [-0.05, 0) is 65.9 Å². The molecule has 2 N–H and O–H groups in total. The molecule has 7 nitrogen and oxygen atoms in total. The van der Waals surface area contributed by atoms with Gasteiger partial charge in [0.2, 0.25) is 5.91 Å². The van der Waals surface area contributed by atoms with Crippen LogP contribution < -0.4 is 20.2 Å². The monoisotopic (exact) mass is 411 g/mol. The molecular formula is C23H29N3O4. The molecule has 0 bridgehead atoms. The van der Waals surface area contributed by atoms with Crippen LogP contribution in [0.15, 0.2) is 41.5 Å². The van der Waals surface area contributed by atoms with Crippen molar-refractivity contribution in [1.82, 2.24) is 10.7 Å². The number of ether oxygens (including phenoxy) is 2. The quantitative estimate of drug-likeness (QED) is 0.489. The van der Waals surface area contributed by atoms with Crippen molar-refractivity contribution in [1.29, 1.82) is 0 Å². The number of methoxy groups -OCH3 is 2. The summed E-state index contributed by atoms with van der Waals surface area (Å²) in [5.41, 5.74) is 5.99. The molecule has 2 rings (SSSR count). The minimum Gasteiger partial charge on any atom is -0.497 e. The molecule has 0 aliphatic heterocycles. The van der Waals surface area contributed by atoms with Crippen LogP contribution in [-0.4, -0.2) is 38.8 Å². The lowest BCUT2D eigenvalue weighted by molar-refractivity contribution is -0.120. The van der Waals surface area contributed by atoms with Crippen LogP contribution in [0.4, 0.5) is 0 Å². The lowest BCUT2D eigenvalue weighted by Crippen LogP contribution is -2.29. The summed E-state index contributed by atoms with van der Waals surface area (Å²) in [5.74, 6) is 1.30. The Kier molecular flexibility index (Phi) is 8.41. The highest BCUT2D eigenvalue weighted by molar-refractivity contribution is 5.94. The summed E-state index contributed by atoms with van der Waals surface area (Å²) in [7, 11) is 3.22. The van der Waals surface area contributed by atoms with Gasteiger partial charge in [0, 0.05) is 18.5 Å². The minimum atomic E-state index is -0.281. The van der Waals surface area contributed by atoms with Gasteiger partial charge in [-0.15, -0.1) is 0 Å². The molecule has 2 aromatic carbocycles. The maximum absolute atomic E-state index is 12.1. The van der Waals surface area contributed by atoms with Crippen LogP contribution in [-0.2, 0) is 4.79 Å². The lowest BCUT2D eigenvalue weighted by atomic mass is 9.97. The third-order valence-electron chi connectivity index (χ3n) is 4.62. The van der Waals surface area contributed by atoms with Gasteiger partial charge >= 0.3 is 0 Å². The fourth-order valence-corrected chi connectivity index (χ4v) is 2.85. The number of carbonyl (C=O) groups excluding carboxylic acids is 2. The first-order valence-corrected chi connectivity index (χ1v) is 9.78. The van der Waals surface area contributed by atoms with Gasteiger partial charge in [0.1, 0.15) is 11.5 Å². The molecular weight excluding hydrogens is 382 g/mol. The SMILES string of the molecule is COc1ccc(C(=O)NCCC(=O)NN=Cc2cc(C(C)C)c(OC)cc2C)cc1. The molecule has 0 radical (unpaired) electrons. The zero-order valence-corrected chi connectivity index (χ0v) is 18.1. The van der Waals surface area contributed by atoms with E-state index in [-0.39, 0.29) is 24.8 Å². The first-order chi connectivity index (χ1) is 14.3. The molecule has 2 aromatic rings. The van der Waals surface area contributed by atoms with Crippen LogP contribution in [0.3, 0.4) is 0 Å². The maximum atomic E-state index is 12.1. The van der Waals surface area contributed by atoms with E-state index in [1.54, 1.807) is 44.7 Å². The van der Waals surface area contributed by atoms with Gasteiger partial charge in [0.05, 0.1) is 20.4 Å². The highest BCUT2D eigenvalue weighted by Crippen LogP contribution is 2.29. The van der Waals surface area contributed by atoms with Gasteiger partial charge in [-0.2, -0.15) is 5.10 Å². The molecule has 30 heavy (non-hydrogen) atoms. The number of nitrogens with one attached hydrogen (secondary N) is 2. The molecule has 0 saturated heterocycles. The van der Waals surface area contributed by atoms with Crippen molar-refractivity contribution in [2.24, 2.45) is 5.10 Å². The third kappa shape index (κ3) is 6.34. The van der Waals surface area contributed by atoms with E-state index in [1.807, 2.05) is 19.1 Å². The molecule has 0 aliphatic rings. The van der Waals surface area contributed by atoms with Gasteiger partial charge in [0.15, 0.2) is 0 Å². The molecule has 0 heterocycles. The first kappa shape index (κ1) is 22.9. The molecule has 0 atom stereocenters. The van der Waals surface area contributed by atoms with Crippen LogP contribution in [0.5, 0.6) is 11.5 Å². The second-order valence-corrected chi connectivity index (χ2v) is 7.13. The smallest absolute Gasteiger partial charge is 0.251 e. The number of amides is 2. The van der Waals surface area contributed by atoms with Crippen LogP contribution in [0.25, 0.3) is 0 Å². The summed E-state index contributed by atoms with van der Waals surface area (Å²) < 4.78 is 10.5. The van der Waals surface area contributed by atoms with E-state index in [9.17, 15) is 9.59 Å². The van der Waals surface area contributed by atoms with Crippen molar-refractivity contribution in [2.45, 2.75) is 33.1 Å². The molecule has 2 amide bonds. The van der Waals surface area contributed by atoms with Gasteiger partial charge < -0.3 is 14.8 Å². The Hall–Kier alpha value is -3.35. The van der Waals surface area contributed by atoms with Crippen molar-refractivity contribution in [3.05, 3.63) is 58.7 Å². The Morgan fingerprint density at radius 2 is 1.80 bits per heavy atom. The number of carbonyl (C=O) groups is 2. The number of benzene rings is 2. The van der Waals surface area contributed by atoms with Gasteiger partial charge in [-0.3, -0.25) is 9.59 Å². The predicted octanol–water partition coefficient (Wildman–Crippen LogP) is 3.41. The first-order valence-electron chi connectivity index (χ1n) is 9.78. The summed E-state index contributed by atoms with van der Waals surface area (Å²) >= 11 is 0. The van der Waals surface area contributed by atoms with E-state index in [0.29, 0.717) is 17.2 Å². The Morgan fingerprint density at radius 1 is 1.10 bits per heavy atom. The number of nitrogens with zero attached hydrogens (tertiary/aromatic N) is 1. The average Bonchev–Trinajstić information content (AvgIpc) is 2.74. The Morgan fingerprint density at radius 3 is 2.40 bits per heavy atom. The Labute approximate surface area is 177 Å². The topological polar surface area (TPSA) is 89.0 Å². The third-order valence-corrected chi connectivity index (χ3v) is 4.62. The van der Waals surface area contributed by atoms with Crippen LogP contribution in [0.2, 0.25) is 0 Å². The standard InChI is InChI=1S/C23H29N3O4/c1-15(2)20-13-18(16(3)12-21(20)30-5)14-25-26-22(27)10-11-24-23(28)17-6-8-19(29-4)9-7-17/h6-9,12-15H,10-11H2,1-5H3,(H,24,28)(H,26,27). The summed E-state index contributed by atoms with van der Waals surface area (Å²) in [5, 5.41) is 6.75. The van der Waals surface area contributed by atoms with Crippen molar-refractivity contribution in [2.75, 3.05) is 20.8 Å². The predicted molar refractivity (Wildman–Crippen MR) is 118 cm³/mol. The largest absolute Gasteiger partial charge is 0.497 e. The number of hydrogen-bond acceptors (Lipinski definition) is 5. The normalized spacial score (nSPS) is 10.9. The van der Waals surface area contributed by atoms with Crippen molar-refractivity contribution in [3.63, 3.8) is 0 Å². The maximum Gasteiger partial charge on any atom is 0.251 e. The van der Waals surface area contributed by atoms with E-state index < -0.39 is 0 Å². The van der Waals surface area contributed by atoms with Crippen LogP contribution in [0.1, 0.15) is 53.2 Å². The lowest BCUT2D eigenvalue weighted by Gasteiger charge is -2.14. The summed E-state index contributed by atoms with van der Waals surface area (Å²) in [4.78, 5) is 24.1. The highest BCUT2D eigenvalue weighted by atomic mass is 16.5. The van der Waals surface area contributed by atoms with E-state index in [4.69, 9.17) is 9.47 Å². The second-order valence-electron chi connectivity index (χ2n) is 7.13. The van der Waals surface area contributed by atoms with E-state index in [1.165, 1.54) is 0 Å². The fraction of sp³-hybridized carbons (Fsp3) is 0.348. The number of rotatable bonds is 9. The molecule has 0 aliphatic carbocycles. The van der Waals surface area contributed by atoms with Gasteiger partial charge in [-0.25, -0.2) is 5.43 Å². The second kappa shape index (κ2) is 11.0. The Balaban J connectivity index is 1.85. The van der Waals surface area contributed by atoms with Crippen LogP contribution >= 0.6 is 0 Å². The molecule has 160 valence electrons. The molecule has 0 fully saturated rings. The van der Waals surface area contributed by atoms with Crippen LogP contribution in [0, 0.1) is 6.92 Å². The van der Waals surface area contributed by atoms with Crippen molar-refractivity contribution in [3.8, 4) is 11.5 Å². The number of hydrogen-bond donors (Lipinski definition) is 2. The summed E-state index contributed by atoms with van der Waals surface area (Å²) in [6.07, 6.45) is 1.74. The molecule has 0 saturated carbocycles. The van der Waals surface area contributed by atoms with Gasteiger partial charge in [0.25, 0.3) is 5.91 Å². The average molecular weight is 412 g/mol. The van der Waals surface area contributed by atoms with E-state index in [0.717, 1.165) is 22.4 Å². The number of hydrazone groups is 1. The molecule has 0 spiro atoms. The summed E-state index contributed by atoms with van der Waals surface area (Å²) in [6.45, 7) is 6.36. The molecule has 0 aromatic heterocycles.